The fourth-order valence-electron chi connectivity index (χ4n) is 5.31. The SMILES string of the molecule is C=C1C[C@@H]2C[C@@H](C)CC(O)[C@]2(CCCNC(=O)CCOCc2ccccc2)C1O. The van der Waals surface area contributed by atoms with Gasteiger partial charge in [0.15, 0.2) is 0 Å². The average molecular weight is 402 g/mol. The van der Waals surface area contributed by atoms with Crippen LogP contribution in [-0.4, -0.2) is 41.5 Å². The van der Waals surface area contributed by atoms with Crippen LogP contribution in [0.25, 0.3) is 0 Å². The van der Waals surface area contributed by atoms with E-state index in [1.54, 1.807) is 0 Å². The predicted octanol–water partition coefficient (Wildman–Crippen LogP) is 3.20. The van der Waals surface area contributed by atoms with E-state index in [1.165, 1.54) is 0 Å². The van der Waals surface area contributed by atoms with Gasteiger partial charge >= 0.3 is 0 Å². The van der Waals surface area contributed by atoms with Crippen LogP contribution in [-0.2, 0) is 16.1 Å². The average Bonchev–Trinajstić information content (AvgIpc) is 2.94. The molecule has 0 aromatic heterocycles. The summed E-state index contributed by atoms with van der Waals surface area (Å²) in [4.78, 5) is 12.1. The molecule has 0 spiro atoms. The fraction of sp³-hybridized carbons (Fsp3) is 0.625. The van der Waals surface area contributed by atoms with E-state index in [2.05, 4.69) is 18.8 Å². The Morgan fingerprint density at radius 3 is 2.79 bits per heavy atom. The van der Waals surface area contributed by atoms with Gasteiger partial charge in [0, 0.05) is 18.4 Å². The molecule has 0 saturated heterocycles. The quantitative estimate of drug-likeness (QED) is 0.439. The first kappa shape index (κ1) is 22.0. The number of rotatable bonds is 9. The van der Waals surface area contributed by atoms with Gasteiger partial charge in [-0.25, -0.2) is 0 Å². The molecular formula is C24H35NO4. The van der Waals surface area contributed by atoms with Crippen molar-refractivity contribution >= 4 is 5.91 Å². The molecule has 2 fully saturated rings. The van der Waals surface area contributed by atoms with Crippen LogP contribution in [0, 0.1) is 17.3 Å². The Labute approximate surface area is 174 Å². The highest BCUT2D eigenvalue weighted by Crippen LogP contribution is 2.57. The number of amides is 1. The van der Waals surface area contributed by atoms with Gasteiger partial charge in [-0.1, -0.05) is 43.8 Å². The zero-order valence-electron chi connectivity index (χ0n) is 17.5. The number of fused-ring (bicyclic) bond motifs is 1. The van der Waals surface area contributed by atoms with Gasteiger partial charge in [-0.05, 0) is 55.1 Å². The predicted molar refractivity (Wildman–Crippen MR) is 113 cm³/mol. The molecule has 1 aromatic rings. The van der Waals surface area contributed by atoms with Crippen molar-refractivity contribution in [3.8, 4) is 0 Å². The molecular weight excluding hydrogens is 366 g/mol. The van der Waals surface area contributed by atoms with Crippen LogP contribution in [0.4, 0.5) is 0 Å². The van der Waals surface area contributed by atoms with E-state index in [-0.39, 0.29) is 11.8 Å². The van der Waals surface area contributed by atoms with Gasteiger partial charge in [0.2, 0.25) is 5.91 Å². The topological polar surface area (TPSA) is 78.8 Å². The van der Waals surface area contributed by atoms with Gasteiger partial charge in [0.05, 0.1) is 25.4 Å². The molecule has 5 nitrogen and oxygen atoms in total. The third-order valence-electron chi connectivity index (χ3n) is 6.79. The van der Waals surface area contributed by atoms with E-state index in [1.807, 2.05) is 30.3 Å². The molecule has 0 bridgehead atoms. The molecule has 5 heteroatoms. The second-order valence-electron chi connectivity index (χ2n) is 8.91. The molecule has 29 heavy (non-hydrogen) atoms. The number of hydrogen-bond acceptors (Lipinski definition) is 4. The van der Waals surface area contributed by atoms with Crippen molar-refractivity contribution in [1.29, 1.82) is 0 Å². The molecule has 1 amide bonds. The lowest BCUT2D eigenvalue weighted by Gasteiger charge is -2.47. The summed E-state index contributed by atoms with van der Waals surface area (Å²) >= 11 is 0. The first-order valence-corrected chi connectivity index (χ1v) is 10.9. The van der Waals surface area contributed by atoms with E-state index in [0.29, 0.717) is 38.5 Å². The minimum Gasteiger partial charge on any atom is -0.392 e. The van der Waals surface area contributed by atoms with Crippen molar-refractivity contribution in [2.75, 3.05) is 13.2 Å². The molecule has 3 N–H and O–H groups in total. The molecule has 2 aliphatic carbocycles. The van der Waals surface area contributed by atoms with Crippen molar-refractivity contribution < 1.29 is 19.7 Å². The lowest BCUT2D eigenvalue weighted by Crippen LogP contribution is -2.50. The molecule has 2 unspecified atom stereocenters. The Morgan fingerprint density at radius 1 is 1.28 bits per heavy atom. The van der Waals surface area contributed by atoms with Gasteiger partial charge in [-0.15, -0.1) is 0 Å². The lowest BCUT2D eigenvalue weighted by atomic mass is 9.60. The number of aliphatic hydroxyl groups is 2. The van der Waals surface area contributed by atoms with Crippen LogP contribution in [0.15, 0.2) is 42.5 Å². The molecule has 5 atom stereocenters. The third kappa shape index (κ3) is 5.08. The van der Waals surface area contributed by atoms with E-state index < -0.39 is 17.6 Å². The zero-order chi connectivity index (χ0) is 20.9. The zero-order valence-corrected chi connectivity index (χ0v) is 17.5. The minimum atomic E-state index is -0.642. The van der Waals surface area contributed by atoms with Gasteiger partial charge in [0.1, 0.15) is 0 Å². The molecule has 0 radical (unpaired) electrons. The van der Waals surface area contributed by atoms with Crippen LogP contribution >= 0.6 is 0 Å². The number of carbonyl (C=O) groups is 1. The number of aliphatic hydroxyl groups excluding tert-OH is 2. The summed E-state index contributed by atoms with van der Waals surface area (Å²) in [5.41, 5.74) is 1.45. The van der Waals surface area contributed by atoms with Gasteiger partial charge in [0.25, 0.3) is 0 Å². The largest absolute Gasteiger partial charge is 0.392 e. The first-order chi connectivity index (χ1) is 13.9. The van der Waals surface area contributed by atoms with Gasteiger partial charge < -0.3 is 20.3 Å². The Balaban J connectivity index is 1.38. The Morgan fingerprint density at radius 2 is 2.03 bits per heavy atom. The number of hydrogen-bond donors (Lipinski definition) is 3. The van der Waals surface area contributed by atoms with Gasteiger partial charge in [-0.3, -0.25) is 4.79 Å². The summed E-state index contributed by atoms with van der Waals surface area (Å²) in [5.74, 6) is 0.726. The highest BCUT2D eigenvalue weighted by molar-refractivity contribution is 5.75. The maximum atomic E-state index is 12.1. The van der Waals surface area contributed by atoms with Crippen LogP contribution in [0.5, 0.6) is 0 Å². The molecule has 3 rings (SSSR count). The van der Waals surface area contributed by atoms with Crippen molar-refractivity contribution in [3.05, 3.63) is 48.0 Å². The van der Waals surface area contributed by atoms with Crippen molar-refractivity contribution in [2.45, 2.75) is 64.3 Å². The lowest BCUT2D eigenvalue weighted by molar-refractivity contribution is -0.122. The van der Waals surface area contributed by atoms with E-state index in [9.17, 15) is 15.0 Å². The molecule has 2 aliphatic rings. The third-order valence-corrected chi connectivity index (χ3v) is 6.79. The normalized spacial score (nSPS) is 31.5. The standard InChI is InChI=1S/C24H35NO4/c1-17-13-20-15-18(2)23(28)24(20,21(26)14-17)10-6-11-25-22(27)9-12-29-16-19-7-4-3-5-8-19/h3-5,7-8,17,20-21,23,26,28H,2,6,9-16H2,1H3,(H,25,27)/t17-,20+,21?,23?,24-/m1/s1. The minimum absolute atomic E-state index is 0.0266. The van der Waals surface area contributed by atoms with E-state index in [4.69, 9.17) is 4.74 Å². The molecule has 1 aromatic carbocycles. The highest BCUT2D eigenvalue weighted by atomic mass is 16.5. The number of benzene rings is 1. The second kappa shape index (κ2) is 9.88. The summed E-state index contributed by atoms with van der Waals surface area (Å²) in [7, 11) is 0. The number of ether oxygens (including phenoxy) is 1. The number of nitrogens with one attached hydrogen (secondary N) is 1. The summed E-state index contributed by atoms with van der Waals surface area (Å²) in [6.07, 6.45) is 3.18. The van der Waals surface area contributed by atoms with Crippen LogP contribution in [0.1, 0.15) is 51.0 Å². The van der Waals surface area contributed by atoms with Crippen LogP contribution < -0.4 is 5.32 Å². The fourth-order valence-corrected chi connectivity index (χ4v) is 5.31. The molecule has 2 saturated carbocycles. The monoisotopic (exact) mass is 401 g/mol. The van der Waals surface area contributed by atoms with Crippen LogP contribution in [0.3, 0.4) is 0 Å². The second-order valence-corrected chi connectivity index (χ2v) is 8.91. The summed E-state index contributed by atoms with van der Waals surface area (Å²) in [6.45, 7) is 7.66. The van der Waals surface area contributed by atoms with Crippen molar-refractivity contribution in [2.24, 2.45) is 17.3 Å². The van der Waals surface area contributed by atoms with E-state index in [0.717, 1.165) is 36.8 Å². The summed E-state index contributed by atoms with van der Waals surface area (Å²) in [6, 6.07) is 9.90. The Kier molecular flexibility index (Phi) is 7.49. The van der Waals surface area contributed by atoms with Crippen molar-refractivity contribution in [3.63, 3.8) is 0 Å². The Bertz CT molecular complexity index is 691. The van der Waals surface area contributed by atoms with Crippen LogP contribution in [0.2, 0.25) is 0 Å². The molecule has 160 valence electrons. The maximum Gasteiger partial charge on any atom is 0.222 e. The first-order valence-electron chi connectivity index (χ1n) is 10.9. The summed E-state index contributed by atoms with van der Waals surface area (Å²) < 4.78 is 5.56. The van der Waals surface area contributed by atoms with Crippen molar-refractivity contribution in [1.82, 2.24) is 5.32 Å². The van der Waals surface area contributed by atoms with Gasteiger partial charge in [-0.2, -0.15) is 0 Å². The molecule has 0 heterocycles. The maximum absolute atomic E-state index is 12.1. The summed E-state index contributed by atoms with van der Waals surface area (Å²) in [5, 5.41) is 24.6. The smallest absolute Gasteiger partial charge is 0.222 e. The highest BCUT2D eigenvalue weighted by Gasteiger charge is 2.57. The molecule has 0 aliphatic heterocycles. The van der Waals surface area contributed by atoms with E-state index >= 15 is 0 Å². The number of carbonyl (C=O) groups excluding carboxylic acids is 1. The Hall–Kier alpha value is -1.69.